The van der Waals surface area contributed by atoms with Crippen LogP contribution >= 0.6 is 0 Å². The number of nitriles is 1. The molecular formula is C41H65NO3. The summed E-state index contributed by atoms with van der Waals surface area (Å²) in [5, 5.41) is 19.6. The fourth-order valence-corrected chi connectivity index (χ4v) is 5.65. The Kier molecular flexibility index (Phi) is 26.1. The van der Waals surface area contributed by atoms with E-state index in [1.54, 1.807) is 48.5 Å². The average Bonchev–Trinajstić information content (AvgIpc) is 3.08. The molecule has 2 aromatic carbocycles. The molecule has 1 unspecified atom stereocenters. The molecule has 4 nitrogen and oxygen atoms in total. The molecule has 0 fully saturated rings. The number of aliphatic hydroxyl groups is 1. The molecule has 0 bridgehead atoms. The maximum atomic E-state index is 12.6. The Bertz CT molecular complexity index is 949. The Hall–Kier alpha value is -2.48. The molecular weight excluding hydrogens is 554 g/mol. The molecule has 0 aliphatic heterocycles. The Morgan fingerprint density at radius 3 is 1.40 bits per heavy atom. The van der Waals surface area contributed by atoms with Crippen molar-refractivity contribution >= 4 is 5.78 Å². The summed E-state index contributed by atoms with van der Waals surface area (Å²) in [6.45, 7) is 6.57. The Balaban J connectivity index is 0.000000459. The van der Waals surface area contributed by atoms with Gasteiger partial charge in [-0.25, -0.2) is 0 Å². The van der Waals surface area contributed by atoms with Gasteiger partial charge in [-0.3, -0.25) is 4.79 Å². The first-order valence-corrected chi connectivity index (χ1v) is 18.4. The lowest BCUT2D eigenvalue weighted by Gasteiger charge is -2.26. The molecule has 2 aromatic rings. The second-order valence-electron chi connectivity index (χ2n) is 12.6. The van der Waals surface area contributed by atoms with Crippen LogP contribution in [0.25, 0.3) is 0 Å². The standard InChI is InChI=1S/C24H50O.C17H15NO2/c1-3-5-7-9-11-13-15-17-19-21-23-25-24-22-20-18-16-14-12-10-8-6-4-2;18-13-7-12-17(20,15-10-5-2-6-11-15)16(19)14-8-3-1-4-9-14/h3-24H2,1-2H3;1-6,8-11,20H,7,12H2. The van der Waals surface area contributed by atoms with E-state index < -0.39 is 5.60 Å². The maximum absolute atomic E-state index is 12.6. The second kappa shape index (κ2) is 29.0. The number of carbonyl (C=O) groups is 1. The molecule has 0 aromatic heterocycles. The number of hydrogen-bond donors (Lipinski definition) is 1. The number of unbranched alkanes of at least 4 members (excludes halogenated alkanes) is 18. The van der Waals surface area contributed by atoms with Crippen LogP contribution in [0.5, 0.6) is 0 Å². The first-order chi connectivity index (χ1) is 22.1. The van der Waals surface area contributed by atoms with Gasteiger partial charge >= 0.3 is 0 Å². The predicted molar refractivity (Wildman–Crippen MR) is 190 cm³/mol. The monoisotopic (exact) mass is 619 g/mol. The smallest absolute Gasteiger partial charge is 0.198 e. The van der Waals surface area contributed by atoms with E-state index in [2.05, 4.69) is 13.8 Å². The van der Waals surface area contributed by atoms with Crippen molar-refractivity contribution in [1.29, 1.82) is 5.26 Å². The van der Waals surface area contributed by atoms with Gasteiger partial charge in [0.25, 0.3) is 0 Å². The highest BCUT2D eigenvalue weighted by molar-refractivity contribution is 6.02. The molecule has 1 atom stereocenters. The van der Waals surface area contributed by atoms with E-state index in [0.717, 1.165) is 13.2 Å². The largest absolute Gasteiger partial charge is 0.381 e. The minimum Gasteiger partial charge on any atom is -0.381 e. The normalized spacial score (nSPS) is 12.1. The van der Waals surface area contributed by atoms with Gasteiger partial charge in [0.15, 0.2) is 11.4 Å². The fourth-order valence-electron chi connectivity index (χ4n) is 5.65. The van der Waals surface area contributed by atoms with Crippen LogP contribution in [-0.4, -0.2) is 24.1 Å². The van der Waals surface area contributed by atoms with Gasteiger partial charge in [0, 0.05) is 31.6 Å². The van der Waals surface area contributed by atoms with Gasteiger partial charge in [-0.05, 0) is 18.4 Å². The van der Waals surface area contributed by atoms with E-state index in [0.29, 0.717) is 11.1 Å². The summed E-state index contributed by atoms with van der Waals surface area (Å²) < 4.78 is 5.78. The molecule has 0 aliphatic carbocycles. The Morgan fingerprint density at radius 2 is 1.00 bits per heavy atom. The Labute approximate surface area is 277 Å². The van der Waals surface area contributed by atoms with Crippen molar-refractivity contribution < 1.29 is 14.6 Å². The van der Waals surface area contributed by atoms with E-state index in [9.17, 15) is 9.90 Å². The summed E-state index contributed by atoms with van der Waals surface area (Å²) in [5.41, 5.74) is -0.695. The van der Waals surface area contributed by atoms with Crippen LogP contribution in [0.15, 0.2) is 60.7 Å². The lowest BCUT2D eigenvalue weighted by Crippen LogP contribution is -2.35. The fraction of sp³-hybridized carbons (Fsp3) is 0.659. The second-order valence-corrected chi connectivity index (χ2v) is 12.6. The van der Waals surface area contributed by atoms with Gasteiger partial charge in [-0.15, -0.1) is 0 Å². The van der Waals surface area contributed by atoms with Crippen LogP contribution in [0.3, 0.4) is 0 Å². The molecule has 0 heterocycles. The number of ketones is 1. The van der Waals surface area contributed by atoms with Crippen molar-refractivity contribution in [1.82, 2.24) is 0 Å². The van der Waals surface area contributed by atoms with Crippen molar-refractivity contribution in [2.75, 3.05) is 13.2 Å². The third kappa shape index (κ3) is 20.3. The van der Waals surface area contributed by atoms with E-state index in [4.69, 9.17) is 10.00 Å². The van der Waals surface area contributed by atoms with E-state index >= 15 is 0 Å². The van der Waals surface area contributed by atoms with Crippen molar-refractivity contribution in [3.05, 3.63) is 71.8 Å². The first-order valence-electron chi connectivity index (χ1n) is 18.4. The van der Waals surface area contributed by atoms with Crippen LogP contribution in [-0.2, 0) is 10.3 Å². The summed E-state index contributed by atoms with van der Waals surface area (Å²) in [5.74, 6) is -0.375. The van der Waals surface area contributed by atoms with Gasteiger partial charge in [0.2, 0.25) is 0 Å². The molecule has 45 heavy (non-hydrogen) atoms. The van der Waals surface area contributed by atoms with Crippen molar-refractivity contribution in [3.63, 3.8) is 0 Å². The molecule has 0 radical (unpaired) electrons. The average molecular weight is 620 g/mol. The predicted octanol–water partition coefficient (Wildman–Crippen LogP) is 11.9. The lowest BCUT2D eigenvalue weighted by molar-refractivity contribution is 0.0258. The highest BCUT2D eigenvalue weighted by Gasteiger charge is 2.37. The summed E-state index contributed by atoms with van der Waals surface area (Å²) in [7, 11) is 0. The van der Waals surface area contributed by atoms with Crippen LogP contribution in [0.4, 0.5) is 0 Å². The zero-order chi connectivity index (χ0) is 32.7. The number of Topliss-reactive ketones (excluding diaryl/α,β-unsaturated/α-hetero) is 1. The van der Waals surface area contributed by atoms with Crippen LogP contribution in [0.2, 0.25) is 0 Å². The quantitative estimate of drug-likeness (QED) is 0.0797. The van der Waals surface area contributed by atoms with E-state index in [1.165, 1.54) is 128 Å². The highest BCUT2D eigenvalue weighted by Crippen LogP contribution is 2.30. The number of ether oxygens (including phenoxy) is 1. The van der Waals surface area contributed by atoms with Gasteiger partial charge in [-0.1, -0.05) is 190 Å². The van der Waals surface area contributed by atoms with Gasteiger partial charge in [0.1, 0.15) is 0 Å². The molecule has 4 heteroatoms. The van der Waals surface area contributed by atoms with E-state index in [-0.39, 0.29) is 18.6 Å². The minimum atomic E-state index is -1.65. The summed E-state index contributed by atoms with van der Waals surface area (Å²) >= 11 is 0. The molecule has 1 N–H and O–H groups in total. The maximum Gasteiger partial charge on any atom is 0.198 e. The number of carbonyl (C=O) groups excluding carboxylic acids is 1. The third-order valence-corrected chi connectivity index (χ3v) is 8.55. The van der Waals surface area contributed by atoms with Gasteiger partial charge < -0.3 is 9.84 Å². The molecule has 0 spiro atoms. The zero-order valence-corrected chi connectivity index (χ0v) is 29.0. The summed E-state index contributed by atoms with van der Waals surface area (Å²) in [4.78, 5) is 12.6. The van der Waals surface area contributed by atoms with Gasteiger partial charge in [-0.2, -0.15) is 5.26 Å². The van der Waals surface area contributed by atoms with Crippen LogP contribution in [0, 0.1) is 11.3 Å². The van der Waals surface area contributed by atoms with Gasteiger partial charge in [0.05, 0.1) is 6.07 Å². The number of nitrogens with zero attached hydrogens (tertiary/aromatic N) is 1. The molecule has 0 saturated carbocycles. The number of rotatable bonds is 27. The summed E-state index contributed by atoms with van der Waals surface area (Å²) in [6, 6.07) is 19.4. The topological polar surface area (TPSA) is 70.3 Å². The minimum absolute atomic E-state index is 0.0846. The molecule has 0 amide bonds. The third-order valence-electron chi connectivity index (χ3n) is 8.55. The number of benzene rings is 2. The molecule has 2 rings (SSSR count). The SMILES string of the molecule is CCCCCCCCCCCCOCCCCCCCCCCCC.N#CCCC(O)(C(=O)c1ccccc1)c1ccccc1. The van der Waals surface area contributed by atoms with Crippen molar-refractivity contribution in [3.8, 4) is 6.07 Å². The Morgan fingerprint density at radius 1 is 0.622 bits per heavy atom. The summed E-state index contributed by atoms with van der Waals surface area (Å²) in [6.07, 6.45) is 28.4. The van der Waals surface area contributed by atoms with Crippen molar-refractivity contribution in [2.45, 2.75) is 161 Å². The van der Waals surface area contributed by atoms with Crippen LogP contribution < -0.4 is 0 Å². The number of hydrogen-bond acceptors (Lipinski definition) is 4. The molecule has 0 aliphatic rings. The van der Waals surface area contributed by atoms with E-state index in [1.807, 2.05) is 18.2 Å². The van der Waals surface area contributed by atoms with Crippen molar-refractivity contribution in [2.24, 2.45) is 0 Å². The zero-order valence-electron chi connectivity index (χ0n) is 29.0. The van der Waals surface area contributed by atoms with Crippen LogP contribution in [0.1, 0.15) is 171 Å². The molecule has 0 saturated heterocycles. The lowest BCUT2D eigenvalue weighted by atomic mass is 9.82. The molecule has 252 valence electrons. The highest BCUT2D eigenvalue weighted by atomic mass is 16.5. The first kappa shape index (κ1) is 40.5.